The molecule has 2 rings (SSSR count). The summed E-state index contributed by atoms with van der Waals surface area (Å²) in [4.78, 5) is 25.6. The number of nitrogens with two attached hydrogens (primary N) is 1. The van der Waals surface area contributed by atoms with E-state index in [0.29, 0.717) is 38.6 Å². The molecule has 1 aromatic carbocycles. The van der Waals surface area contributed by atoms with E-state index in [1.165, 1.54) is 30.4 Å². The van der Waals surface area contributed by atoms with Gasteiger partial charge in [-0.05, 0) is 30.0 Å². The van der Waals surface area contributed by atoms with Crippen molar-refractivity contribution in [2.45, 2.75) is 40.0 Å². The fraction of sp³-hybridized carbons (Fsp3) is 0.500. The van der Waals surface area contributed by atoms with Gasteiger partial charge in [-0.1, -0.05) is 27.7 Å². The van der Waals surface area contributed by atoms with Crippen LogP contribution < -0.4 is 15.2 Å². The van der Waals surface area contributed by atoms with Crippen molar-refractivity contribution in [2.24, 2.45) is 11.1 Å². The Hall–Kier alpha value is -1.64. The Morgan fingerprint density at radius 3 is 2.61 bits per heavy atom. The molecule has 1 amide bonds. The molecule has 0 saturated carbocycles. The highest BCUT2D eigenvalue weighted by Gasteiger charge is 2.32. The highest BCUT2D eigenvalue weighted by molar-refractivity contribution is 7.97. The number of ketones is 1. The predicted octanol–water partition coefficient (Wildman–Crippen LogP) is 4.49. The van der Waals surface area contributed by atoms with E-state index in [-0.39, 0.29) is 29.8 Å². The molecule has 5 nitrogen and oxygen atoms in total. The van der Waals surface area contributed by atoms with E-state index in [4.69, 9.17) is 10.5 Å². The quantitative estimate of drug-likeness (QED) is 0.351. The van der Waals surface area contributed by atoms with Crippen molar-refractivity contribution in [1.29, 1.82) is 0 Å². The summed E-state index contributed by atoms with van der Waals surface area (Å²) in [7, 11) is 1.51. The molecule has 0 unspecified atom stereocenters. The lowest BCUT2D eigenvalue weighted by atomic mass is 9.86. The van der Waals surface area contributed by atoms with Crippen molar-refractivity contribution in [1.82, 2.24) is 4.72 Å². The number of ether oxygens (including phenoxy) is 1. The van der Waals surface area contributed by atoms with Crippen LogP contribution in [0.4, 0.5) is 4.39 Å². The Balaban J connectivity index is 2.29. The number of benzene rings is 1. The molecule has 0 fully saturated rings. The van der Waals surface area contributed by atoms with Crippen LogP contribution in [0, 0.1) is 11.2 Å². The zero-order valence-electron chi connectivity index (χ0n) is 16.8. The number of thiophene rings is 1. The third-order valence-electron chi connectivity index (χ3n) is 4.44. The minimum Gasteiger partial charge on any atom is -0.496 e. The molecular formula is C20H27FN2O3S2. The molecule has 3 N–H and O–H groups in total. The van der Waals surface area contributed by atoms with Gasteiger partial charge in [0.2, 0.25) is 5.91 Å². The minimum atomic E-state index is -0.881. The van der Waals surface area contributed by atoms with Gasteiger partial charge in [0.25, 0.3) is 0 Å². The number of hydrogen-bond acceptors (Lipinski definition) is 6. The molecule has 28 heavy (non-hydrogen) atoms. The van der Waals surface area contributed by atoms with Crippen LogP contribution in [0.15, 0.2) is 12.1 Å². The summed E-state index contributed by atoms with van der Waals surface area (Å²) in [5.41, 5.74) is 5.04. The second kappa shape index (κ2) is 9.24. The van der Waals surface area contributed by atoms with E-state index < -0.39 is 5.41 Å². The Morgan fingerprint density at radius 2 is 2.04 bits per heavy atom. The highest BCUT2D eigenvalue weighted by Crippen LogP contribution is 2.39. The minimum absolute atomic E-state index is 0.0324. The molecule has 0 aliphatic rings. The number of rotatable bonds is 9. The summed E-state index contributed by atoms with van der Waals surface area (Å²) in [6.07, 6.45) is 0.0324. The number of hydrogen-bond donors (Lipinski definition) is 2. The van der Waals surface area contributed by atoms with Crippen molar-refractivity contribution in [3.05, 3.63) is 28.4 Å². The number of nitrogens with one attached hydrogen (secondary N) is 1. The van der Waals surface area contributed by atoms with Crippen LogP contribution in [0.25, 0.3) is 10.1 Å². The molecule has 0 saturated heterocycles. The van der Waals surface area contributed by atoms with Gasteiger partial charge in [0.05, 0.1) is 17.4 Å². The average Bonchev–Trinajstić information content (AvgIpc) is 3.05. The van der Waals surface area contributed by atoms with Gasteiger partial charge in [-0.15, -0.1) is 11.3 Å². The van der Waals surface area contributed by atoms with Crippen molar-refractivity contribution in [2.75, 3.05) is 19.4 Å². The fourth-order valence-electron chi connectivity index (χ4n) is 2.86. The molecule has 0 aliphatic heterocycles. The SMILES string of the molecule is COc1cc2sc(C(=O)CC(C)(C)C(=O)NSCCN)cc2c(F)c1C(C)C. The van der Waals surface area contributed by atoms with E-state index in [2.05, 4.69) is 4.72 Å². The maximum absolute atomic E-state index is 15.0. The summed E-state index contributed by atoms with van der Waals surface area (Å²) in [5, 5.41) is 0.415. The van der Waals surface area contributed by atoms with Gasteiger partial charge in [0, 0.05) is 34.4 Å². The van der Waals surface area contributed by atoms with Gasteiger partial charge < -0.3 is 10.5 Å². The van der Waals surface area contributed by atoms with Gasteiger partial charge >= 0.3 is 0 Å². The van der Waals surface area contributed by atoms with Gasteiger partial charge in [-0.3, -0.25) is 14.3 Å². The maximum Gasteiger partial charge on any atom is 0.235 e. The van der Waals surface area contributed by atoms with Gasteiger partial charge in [-0.25, -0.2) is 4.39 Å². The zero-order chi connectivity index (χ0) is 21.1. The first-order valence-corrected chi connectivity index (χ1v) is 10.9. The number of Topliss-reactive ketones (excluding diaryl/α,β-unsaturated/α-hetero) is 1. The standard InChI is InChI=1S/C20H27FN2O3S2/c1-11(2)17-14(26-5)9-15-12(18(17)21)8-16(28-15)13(24)10-20(3,4)19(25)23-27-7-6-22/h8-9,11H,6-7,10,22H2,1-5H3,(H,23,25). The number of fused-ring (bicyclic) bond motifs is 1. The van der Waals surface area contributed by atoms with Crippen molar-refractivity contribution >= 4 is 45.1 Å². The molecule has 0 atom stereocenters. The summed E-state index contributed by atoms with van der Waals surface area (Å²) >= 11 is 2.45. The molecule has 0 spiro atoms. The van der Waals surface area contributed by atoms with Crippen molar-refractivity contribution in [3.63, 3.8) is 0 Å². The maximum atomic E-state index is 15.0. The first-order chi connectivity index (χ1) is 13.1. The molecule has 154 valence electrons. The average molecular weight is 427 g/mol. The van der Waals surface area contributed by atoms with Crippen LogP contribution in [-0.4, -0.2) is 31.1 Å². The second-order valence-corrected chi connectivity index (χ2v) is 9.52. The summed E-state index contributed by atoms with van der Waals surface area (Å²) in [6, 6.07) is 3.36. The van der Waals surface area contributed by atoms with Crippen LogP contribution >= 0.6 is 23.3 Å². The van der Waals surface area contributed by atoms with Crippen LogP contribution in [0.3, 0.4) is 0 Å². The lowest BCUT2D eigenvalue weighted by Crippen LogP contribution is -2.35. The molecule has 0 radical (unpaired) electrons. The van der Waals surface area contributed by atoms with Crippen molar-refractivity contribution < 1.29 is 18.7 Å². The molecular weight excluding hydrogens is 399 g/mol. The Bertz CT molecular complexity index is 878. The number of carbonyl (C=O) groups is 2. The van der Waals surface area contributed by atoms with Crippen LogP contribution in [0.1, 0.15) is 55.3 Å². The smallest absolute Gasteiger partial charge is 0.235 e. The predicted molar refractivity (Wildman–Crippen MR) is 115 cm³/mol. The van der Waals surface area contributed by atoms with Gasteiger partial charge in [0.15, 0.2) is 5.78 Å². The molecule has 0 aliphatic carbocycles. The fourth-order valence-corrected chi connectivity index (χ4v) is 4.51. The summed E-state index contributed by atoms with van der Waals surface area (Å²) in [6.45, 7) is 7.69. The third-order valence-corrected chi connectivity index (χ3v) is 6.33. The molecule has 2 aromatic rings. The molecule has 1 aromatic heterocycles. The van der Waals surface area contributed by atoms with Crippen molar-refractivity contribution in [3.8, 4) is 5.75 Å². The lowest BCUT2D eigenvalue weighted by molar-refractivity contribution is -0.127. The van der Waals surface area contributed by atoms with E-state index in [1.807, 2.05) is 13.8 Å². The molecule has 1 heterocycles. The Labute approximate surface area is 173 Å². The van der Waals surface area contributed by atoms with E-state index in [9.17, 15) is 9.59 Å². The summed E-state index contributed by atoms with van der Waals surface area (Å²) in [5.74, 6) is 0.273. The third kappa shape index (κ3) is 4.85. The second-order valence-electron chi connectivity index (χ2n) is 7.54. The van der Waals surface area contributed by atoms with Gasteiger partial charge in [0.1, 0.15) is 11.6 Å². The van der Waals surface area contributed by atoms with E-state index >= 15 is 4.39 Å². The normalized spacial score (nSPS) is 11.9. The number of carbonyl (C=O) groups excluding carboxylic acids is 2. The zero-order valence-corrected chi connectivity index (χ0v) is 18.5. The van der Waals surface area contributed by atoms with Crippen LogP contribution in [-0.2, 0) is 4.79 Å². The van der Waals surface area contributed by atoms with Crippen LogP contribution in [0.5, 0.6) is 5.75 Å². The monoisotopic (exact) mass is 426 g/mol. The number of amides is 1. The summed E-state index contributed by atoms with van der Waals surface area (Å²) < 4.78 is 23.7. The number of methoxy groups -OCH3 is 1. The molecule has 0 bridgehead atoms. The van der Waals surface area contributed by atoms with Crippen LogP contribution in [0.2, 0.25) is 0 Å². The van der Waals surface area contributed by atoms with E-state index in [0.717, 1.165) is 0 Å². The highest BCUT2D eigenvalue weighted by atomic mass is 32.2. The Morgan fingerprint density at radius 1 is 1.36 bits per heavy atom. The lowest BCUT2D eigenvalue weighted by Gasteiger charge is -2.21. The van der Waals surface area contributed by atoms with E-state index in [1.54, 1.807) is 26.0 Å². The first kappa shape index (κ1) is 22.6. The molecule has 8 heteroatoms. The first-order valence-electron chi connectivity index (χ1n) is 9.07. The topological polar surface area (TPSA) is 81.4 Å². The van der Waals surface area contributed by atoms with Gasteiger partial charge in [-0.2, -0.15) is 0 Å². The Kier molecular flexibility index (Phi) is 7.47. The number of halogens is 1. The largest absolute Gasteiger partial charge is 0.496 e.